The average Bonchev–Trinajstić information content (AvgIpc) is 2.48. The number of nitrogens with one attached hydrogen (secondary N) is 1. The summed E-state index contributed by atoms with van der Waals surface area (Å²) in [4.78, 5) is 14.7. The fraction of sp³-hybridized carbons (Fsp3) is 0.562. The number of nitrogens with two attached hydrogens (primary N) is 1. The van der Waals surface area contributed by atoms with Gasteiger partial charge in [-0.1, -0.05) is 6.42 Å². The molecule has 1 aromatic rings. The number of methoxy groups -OCH3 is 1. The summed E-state index contributed by atoms with van der Waals surface area (Å²) in [5.41, 5.74) is 6.82. The Hall–Kier alpha value is -1.75. The van der Waals surface area contributed by atoms with E-state index < -0.39 is 0 Å². The van der Waals surface area contributed by atoms with Gasteiger partial charge in [0.05, 0.1) is 12.7 Å². The molecular formula is C16H25N3O2. The van der Waals surface area contributed by atoms with Crippen LogP contribution in [0.4, 0.5) is 5.69 Å². The number of amides is 1. The molecule has 1 aliphatic rings. The fourth-order valence-electron chi connectivity index (χ4n) is 2.74. The summed E-state index contributed by atoms with van der Waals surface area (Å²) < 4.78 is 5.14. The topological polar surface area (TPSA) is 67.6 Å². The van der Waals surface area contributed by atoms with Gasteiger partial charge < -0.3 is 20.7 Å². The number of benzene rings is 1. The van der Waals surface area contributed by atoms with Gasteiger partial charge in [0.1, 0.15) is 5.75 Å². The average molecular weight is 291 g/mol. The van der Waals surface area contributed by atoms with E-state index in [9.17, 15) is 4.79 Å². The van der Waals surface area contributed by atoms with Crippen LogP contribution in [0.25, 0.3) is 0 Å². The monoisotopic (exact) mass is 291 g/mol. The third-order valence-electron chi connectivity index (χ3n) is 3.86. The number of rotatable bonds is 5. The van der Waals surface area contributed by atoms with Crippen LogP contribution in [0.3, 0.4) is 0 Å². The lowest BCUT2D eigenvalue weighted by Gasteiger charge is -2.29. The normalized spacial score (nSPS) is 17.2. The molecule has 1 heterocycles. The number of anilines is 1. The number of carbonyl (C=O) groups excluding carboxylic acids is 1. The number of nitrogens with zero attached hydrogens (tertiary/aromatic N) is 1. The molecule has 5 heteroatoms. The molecule has 0 aliphatic carbocycles. The lowest BCUT2D eigenvalue weighted by Crippen LogP contribution is -2.43. The standard InChI is InChI=1S/C16H25N3O2/c1-12(11-19-8-4-3-5-9-19)18-16(20)14-10-13(21-2)6-7-15(14)17/h6-7,10,12H,3-5,8-9,11,17H2,1-2H3,(H,18,20). The molecule has 1 amide bonds. The van der Waals surface area contributed by atoms with E-state index in [1.54, 1.807) is 25.3 Å². The first kappa shape index (κ1) is 15.6. The van der Waals surface area contributed by atoms with Crippen LogP contribution in [0.2, 0.25) is 0 Å². The summed E-state index contributed by atoms with van der Waals surface area (Å²) in [6, 6.07) is 5.23. The smallest absolute Gasteiger partial charge is 0.253 e. The van der Waals surface area contributed by atoms with Crippen molar-refractivity contribution in [2.24, 2.45) is 0 Å². The van der Waals surface area contributed by atoms with Crippen LogP contribution in [-0.2, 0) is 0 Å². The Balaban J connectivity index is 1.93. The van der Waals surface area contributed by atoms with E-state index in [1.807, 2.05) is 6.92 Å². The summed E-state index contributed by atoms with van der Waals surface area (Å²) in [6.07, 6.45) is 3.82. The Morgan fingerprint density at radius 1 is 1.38 bits per heavy atom. The third kappa shape index (κ3) is 4.36. The first-order chi connectivity index (χ1) is 10.1. The number of carbonyl (C=O) groups is 1. The highest BCUT2D eigenvalue weighted by molar-refractivity contribution is 5.99. The predicted octanol–water partition coefficient (Wildman–Crippen LogP) is 1.88. The van der Waals surface area contributed by atoms with Crippen molar-refractivity contribution in [3.05, 3.63) is 23.8 Å². The van der Waals surface area contributed by atoms with E-state index in [-0.39, 0.29) is 11.9 Å². The van der Waals surface area contributed by atoms with Crippen LogP contribution < -0.4 is 15.8 Å². The lowest BCUT2D eigenvalue weighted by molar-refractivity contribution is 0.0926. The maximum atomic E-state index is 12.3. The van der Waals surface area contributed by atoms with E-state index in [0.717, 1.165) is 19.6 Å². The molecule has 2 rings (SSSR count). The van der Waals surface area contributed by atoms with Crippen LogP contribution in [0.15, 0.2) is 18.2 Å². The summed E-state index contributed by atoms with van der Waals surface area (Å²) in [5.74, 6) is 0.494. The van der Waals surface area contributed by atoms with E-state index in [1.165, 1.54) is 19.3 Å². The first-order valence-electron chi connectivity index (χ1n) is 7.57. The minimum absolute atomic E-state index is 0.0983. The summed E-state index contributed by atoms with van der Waals surface area (Å²) in [6.45, 7) is 5.17. The molecule has 1 saturated heterocycles. The molecule has 116 valence electrons. The quantitative estimate of drug-likeness (QED) is 0.813. The summed E-state index contributed by atoms with van der Waals surface area (Å²) >= 11 is 0. The molecule has 5 nitrogen and oxygen atoms in total. The molecular weight excluding hydrogens is 266 g/mol. The maximum Gasteiger partial charge on any atom is 0.253 e. The van der Waals surface area contributed by atoms with Gasteiger partial charge in [0.15, 0.2) is 0 Å². The SMILES string of the molecule is COc1ccc(N)c(C(=O)NC(C)CN2CCCCC2)c1. The number of hydrogen-bond donors (Lipinski definition) is 2. The van der Waals surface area contributed by atoms with Crippen LogP contribution in [0.5, 0.6) is 5.75 Å². The van der Waals surface area contributed by atoms with E-state index in [4.69, 9.17) is 10.5 Å². The number of likely N-dealkylation sites (tertiary alicyclic amines) is 1. The highest BCUT2D eigenvalue weighted by Gasteiger charge is 2.17. The number of ether oxygens (including phenoxy) is 1. The molecule has 1 aliphatic heterocycles. The second-order valence-corrected chi connectivity index (χ2v) is 5.69. The van der Waals surface area contributed by atoms with Crippen molar-refractivity contribution in [2.75, 3.05) is 32.5 Å². The first-order valence-corrected chi connectivity index (χ1v) is 7.57. The van der Waals surface area contributed by atoms with Crippen molar-refractivity contribution in [2.45, 2.75) is 32.2 Å². The van der Waals surface area contributed by atoms with Gasteiger partial charge in [-0.05, 0) is 51.1 Å². The van der Waals surface area contributed by atoms with Crippen molar-refractivity contribution in [3.8, 4) is 5.75 Å². The minimum atomic E-state index is -0.143. The molecule has 21 heavy (non-hydrogen) atoms. The number of piperidine rings is 1. The summed E-state index contributed by atoms with van der Waals surface area (Å²) in [5, 5.41) is 3.02. The Bertz CT molecular complexity index is 484. The van der Waals surface area contributed by atoms with Gasteiger partial charge in [-0.2, -0.15) is 0 Å². The maximum absolute atomic E-state index is 12.3. The fourth-order valence-corrected chi connectivity index (χ4v) is 2.74. The van der Waals surface area contributed by atoms with Crippen molar-refractivity contribution in [1.29, 1.82) is 0 Å². The van der Waals surface area contributed by atoms with Gasteiger partial charge in [-0.25, -0.2) is 0 Å². The Kier molecular flexibility index (Phi) is 5.44. The Labute approximate surface area is 126 Å². The molecule has 1 atom stereocenters. The zero-order valence-electron chi connectivity index (χ0n) is 12.9. The Morgan fingerprint density at radius 2 is 2.10 bits per heavy atom. The molecule has 0 saturated carbocycles. The second kappa shape index (κ2) is 7.31. The highest BCUT2D eigenvalue weighted by atomic mass is 16.5. The van der Waals surface area contributed by atoms with Crippen LogP contribution >= 0.6 is 0 Å². The van der Waals surface area contributed by atoms with Crippen molar-refractivity contribution < 1.29 is 9.53 Å². The zero-order chi connectivity index (χ0) is 15.2. The van der Waals surface area contributed by atoms with Gasteiger partial charge >= 0.3 is 0 Å². The van der Waals surface area contributed by atoms with E-state index in [0.29, 0.717) is 17.0 Å². The number of nitrogen functional groups attached to an aromatic ring is 1. The van der Waals surface area contributed by atoms with Crippen molar-refractivity contribution in [3.63, 3.8) is 0 Å². The van der Waals surface area contributed by atoms with Gasteiger partial charge in [-0.15, -0.1) is 0 Å². The van der Waals surface area contributed by atoms with Crippen molar-refractivity contribution >= 4 is 11.6 Å². The molecule has 1 aromatic carbocycles. The van der Waals surface area contributed by atoms with Gasteiger partial charge in [0, 0.05) is 18.3 Å². The van der Waals surface area contributed by atoms with Crippen LogP contribution in [0, 0.1) is 0 Å². The molecule has 1 fully saturated rings. The largest absolute Gasteiger partial charge is 0.497 e. The molecule has 0 spiro atoms. The minimum Gasteiger partial charge on any atom is -0.497 e. The highest BCUT2D eigenvalue weighted by Crippen LogP contribution is 2.19. The van der Waals surface area contributed by atoms with Crippen LogP contribution in [-0.4, -0.2) is 43.6 Å². The number of hydrogen-bond acceptors (Lipinski definition) is 4. The Morgan fingerprint density at radius 3 is 2.76 bits per heavy atom. The second-order valence-electron chi connectivity index (χ2n) is 5.69. The molecule has 1 unspecified atom stereocenters. The third-order valence-corrected chi connectivity index (χ3v) is 3.86. The van der Waals surface area contributed by atoms with Crippen molar-refractivity contribution in [1.82, 2.24) is 10.2 Å². The molecule has 0 bridgehead atoms. The van der Waals surface area contributed by atoms with E-state index >= 15 is 0 Å². The molecule has 3 N–H and O–H groups in total. The van der Waals surface area contributed by atoms with Gasteiger partial charge in [0.2, 0.25) is 0 Å². The zero-order valence-corrected chi connectivity index (χ0v) is 12.9. The van der Waals surface area contributed by atoms with Gasteiger partial charge in [0.25, 0.3) is 5.91 Å². The summed E-state index contributed by atoms with van der Waals surface area (Å²) in [7, 11) is 1.58. The van der Waals surface area contributed by atoms with Crippen LogP contribution in [0.1, 0.15) is 36.5 Å². The van der Waals surface area contributed by atoms with Gasteiger partial charge in [-0.3, -0.25) is 4.79 Å². The molecule has 0 aromatic heterocycles. The molecule has 0 radical (unpaired) electrons. The van der Waals surface area contributed by atoms with E-state index in [2.05, 4.69) is 10.2 Å². The lowest BCUT2D eigenvalue weighted by atomic mass is 10.1. The predicted molar refractivity (Wildman–Crippen MR) is 84.6 cm³/mol.